The van der Waals surface area contributed by atoms with E-state index in [2.05, 4.69) is 10.6 Å². The normalized spacial score (nSPS) is 15.9. The Balaban J connectivity index is 2.52. The molecule has 1 heterocycles. The molecule has 1 aromatic rings. The van der Waals surface area contributed by atoms with Crippen LogP contribution in [-0.4, -0.2) is 29.5 Å². The zero-order valence-corrected chi connectivity index (χ0v) is 14.0. The van der Waals surface area contributed by atoms with Crippen molar-refractivity contribution in [3.8, 4) is 0 Å². The first-order valence-electron chi connectivity index (χ1n) is 6.89. The fourth-order valence-electron chi connectivity index (χ4n) is 1.56. The van der Waals surface area contributed by atoms with Crippen molar-refractivity contribution < 1.29 is 14.7 Å². The molecule has 6 heteroatoms. The number of carbonyl (C=O) groups is 2. The van der Waals surface area contributed by atoms with Gasteiger partial charge in [-0.15, -0.1) is 11.3 Å². The number of aliphatic hydroxyl groups is 1. The van der Waals surface area contributed by atoms with Crippen LogP contribution in [0.15, 0.2) is 17.5 Å². The highest BCUT2D eigenvalue weighted by atomic mass is 32.1. The quantitative estimate of drug-likeness (QED) is 0.773. The van der Waals surface area contributed by atoms with E-state index in [1.54, 1.807) is 34.6 Å². The predicted molar refractivity (Wildman–Crippen MR) is 84.0 cm³/mol. The van der Waals surface area contributed by atoms with Gasteiger partial charge in [-0.25, -0.2) is 0 Å². The van der Waals surface area contributed by atoms with Crippen molar-refractivity contribution in [1.29, 1.82) is 0 Å². The number of rotatable bonds is 5. The standard InChI is InChI=1S/C15H24N2O3S/c1-10(17-13(19)14(2,3)4)12(18)16-9-15(5,20)11-7-6-8-21-11/h6-8,10,20H,9H2,1-5H3,(H,16,18)(H,17,19). The maximum absolute atomic E-state index is 12.0. The van der Waals surface area contributed by atoms with Crippen molar-refractivity contribution in [3.05, 3.63) is 22.4 Å². The van der Waals surface area contributed by atoms with Gasteiger partial charge in [0.25, 0.3) is 0 Å². The fraction of sp³-hybridized carbons (Fsp3) is 0.600. The molecule has 0 bridgehead atoms. The first-order valence-corrected chi connectivity index (χ1v) is 7.77. The van der Waals surface area contributed by atoms with Gasteiger partial charge in [-0.1, -0.05) is 26.8 Å². The second-order valence-electron chi connectivity index (χ2n) is 6.41. The van der Waals surface area contributed by atoms with E-state index in [0.29, 0.717) is 0 Å². The maximum Gasteiger partial charge on any atom is 0.242 e. The molecule has 1 rings (SSSR count). The van der Waals surface area contributed by atoms with Crippen molar-refractivity contribution in [3.63, 3.8) is 0 Å². The summed E-state index contributed by atoms with van der Waals surface area (Å²) in [5.41, 5.74) is -1.66. The van der Waals surface area contributed by atoms with E-state index >= 15 is 0 Å². The highest BCUT2D eigenvalue weighted by Gasteiger charge is 2.28. The van der Waals surface area contributed by atoms with Crippen LogP contribution in [0.5, 0.6) is 0 Å². The molecule has 0 radical (unpaired) electrons. The van der Waals surface area contributed by atoms with Gasteiger partial charge in [0.05, 0.1) is 6.54 Å². The SMILES string of the molecule is CC(NC(=O)C(C)(C)C)C(=O)NCC(C)(O)c1cccs1. The lowest BCUT2D eigenvalue weighted by molar-refractivity contribution is -0.133. The molecule has 0 fully saturated rings. The van der Waals surface area contributed by atoms with Crippen molar-refractivity contribution in [2.24, 2.45) is 5.41 Å². The minimum absolute atomic E-state index is 0.0993. The first-order chi connectivity index (χ1) is 9.54. The third-order valence-electron chi connectivity index (χ3n) is 3.08. The Kier molecular flexibility index (Phi) is 5.53. The van der Waals surface area contributed by atoms with E-state index in [-0.39, 0.29) is 18.4 Å². The molecule has 3 N–H and O–H groups in total. The Morgan fingerprint density at radius 2 is 1.95 bits per heavy atom. The van der Waals surface area contributed by atoms with Crippen LogP contribution in [0.2, 0.25) is 0 Å². The molecule has 2 atom stereocenters. The summed E-state index contributed by atoms with van der Waals surface area (Å²) < 4.78 is 0. The summed E-state index contributed by atoms with van der Waals surface area (Å²) in [5.74, 6) is -0.500. The summed E-state index contributed by atoms with van der Waals surface area (Å²) >= 11 is 1.43. The van der Waals surface area contributed by atoms with E-state index in [1.165, 1.54) is 11.3 Å². The predicted octanol–water partition coefficient (Wildman–Crippen LogP) is 1.62. The van der Waals surface area contributed by atoms with Crippen molar-refractivity contribution in [1.82, 2.24) is 10.6 Å². The van der Waals surface area contributed by atoms with Crippen molar-refractivity contribution in [2.75, 3.05) is 6.54 Å². The van der Waals surface area contributed by atoms with Crippen molar-refractivity contribution >= 4 is 23.2 Å². The number of hydrogen-bond donors (Lipinski definition) is 3. The Bertz CT molecular complexity index is 490. The summed E-state index contributed by atoms with van der Waals surface area (Å²) in [6.45, 7) is 8.73. The smallest absolute Gasteiger partial charge is 0.242 e. The van der Waals surface area contributed by atoms with Crippen LogP contribution in [0.1, 0.15) is 39.5 Å². The van der Waals surface area contributed by atoms with E-state index < -0.39 is 17.1 Å². The molecule has 118 valence electrons. The number of amides is 2. The van der Waals surface area contributed by atoms with Gasteiger partial charge >= 0.3 is 0 Å². The topological polar surface area (TPSA) is 78.4 Å². The first kappa shape index (κ1) is 17.7. The molecule has 2 amide bonds. The van der Waals surface area contributed by atoms with E-state index in [1.807, 2.05) is 17.5 Å². The number of hydrogen-bond acceptors (Lipinski definition) is 4. The highest BCUT2D eigenvalue weighted by Crippen LogP contribution is 2.24. The van der Waals surface area contributed by atoms with Gasteiger partial charge in [0.1, 0.15) is 11.6 Å². The zero-order chi connectivity index (χ0) is 16.3. The summed E-state index contributed by atoms with van der Waals surface area (Å²) in [6.07, 6.45) is 0. The Morgan fingerprint density at radius 1 is 1.33 bits per heavy atom. The van der Waals surface area contributed by atoms with Gasteiger partial charge in [-0.2, -0.15) is 0 Å². The minimum Gasteiger partial charge on any atom is -0.383 e. The second-order valence-corrected chi connectivity index (χ2v) is 7.36. The van der Waals surface area contributed by atoms with Crippen LogP contribution in [0, 0.1) is 5.41 Å². The lowest BCUT2D eigenvalue weighted by atomic mass is 9.95. The largest absolute Gasteiger partial charge is 0.383 e. The van der Waals surface area contributed by atoms with E-state index in [0.717, 1.165) is 4.88 Å². The Morgan fingerprint density at radius 3 is 2.43 bits per heavy atom. The van der Waals surface area contributed by atoms with Crippen LogP contribution in [0.25, 0.3) is 0 Å². The molecule has 0 spiro atoms. The van der Waals surface area contributed by atoms with Gasteiger partial charge in [-0.05, 0) is 25.3 Å². The van der Waals surface area contributed by atoms with Gasteiger partial charge in [-0.3, -0.25) is 9.59 Å². The van der Waals surface area contributed by atoms with Crippen LogP contribution in [0.3, 0.4) is 0 Å². The zero-order valence-electron chi connectivity index (χ0n) is 13.2. The molecule has 1 aromatic heterocycles. The van der Waals surface area contributed by atoms with Gasteiger partial charge in [0, 0.05) is 10.3 Å². The summed E-state index contributed by atoms with van der Waals surface area (Å²) in [4.78, 5) is 24.6. The molecule has 0 aromatic carbocycles. The lowest BCUT2D eigenvalue weighted by Crippen LogP contribution is -2.50. The average molecular weight is 312 g/mol. The van der Waals surface area contributed by atoms with Gasteiger partial charge in [0.15, 0.2) is 0 Å². The molecule has 2 unspecified atom stereocenters. The van der Waals surface area contributed by atoms with Crippen LogP contribution < -0.4 is 10.6 Å². The Labute approximate surface area is 129 Å². The number of nitrogens with one attached hydrogen (secondary N) is 2. The van der Waals surface area contributed by atoms with Crippen LogP contribution in [0.4, 0.5) is 0 Å². The summed E-state index contributed by atoms with van der Waals surface area (Å²) in [7, 11) is 0. The fourth-order valence-corrected chi connectivity index (χ4v) is 2.35. The monoisotopic (exact) mass is 312 g/mol. The third kappa shape index (κ3) is 5.13. The molecule has 5 nitrogen and oxygen atoms in total. The van der Waals surface area contributed by atoms with Gasteiger partial charge < -0.3 is 15.7 Å². The van der Waals surface area contributed by atoms with Crippen LogP contribution in [-0.2, 0) is 15.2 Å². The van der Waals surface area contributed by atoms with Gasteiger partial charge in [0.2, 0.25) is 11.8 Å². The molecule has 0 aliphatic rings. The maximum atomic E-state index is 12.0. The van der Waals surface area contributed by atoms with E-state index in [4.69, 9.17) is 0 Å². The lowest BCUT2D eigenvalue weighted by Gasteiger charge is -2.25. The minimum atomic E-state index is -1.11. The summed E-state index contributed by atoms with van der Waals surface area (Å²) in [5, 5.41) is 17.5. The molecular weight excluding hydrogens is 288 g/mol. The molecule has 0 saturated heterocycles. The molecule has 0 aliphatic carbocycles. The molecular formula is C15H24N2O3S. The molecule has 0 aliphatic heterocycles. The molecule has 21 heavy (non-hydrogen) atoms. The molecule has 0 saturated carbocycles. The second kappa shape index (κ2) is 6.58. The average Bonchev–Trinajstić information content (AvgIpc) is 2.89. The number of carbonyl (C=O) groups excluding carboxylic acids is 2. The van der Waals surface area contributed by atoms with Crippen molar-refractivity contribution in [2.45, 2.75) is 46.3 Å². The Hall–Kier alpha value is -1.40. The third-order valence-corrected chi connectivity index (χ3v) is 4.20. The summed E-state index contributed by atoms with van der Waals surface area (Å²) in [6, 6.07) is 3.03. The van der Waals surface area contributed by atoms with E-state index in [9.17, 15) is 14.7 Å². The highest BCUT2D eigenvalue weighted by molar-refractivity contribution is 7.10. The van der Waals surface area contributed by atoms with Crippen LogP contribution >= 0.6 is 11.3 Å². The number of thiophene rings is 1.